The number of para-hydroxylation sites is 1. The van der Waals surface area contributed by atoms with Crippen molar-refractivity contribution in [3.63, 3.8) is 0 Å². The quantitative estimate of drug-likeness (QED) is 0.784. The molecular formula is C16H16N4O. The standard InChI is InChI=1S/C16H16N4O/c1-11-6-8-20-15(10-11)18-16(19-20)17-13-7-9-21-14-5-3-2-4-12(13)14/h2-6,8,10,13H,7,9H2,1H3,(H,17,19). The second-order valence-corrected chi connectivity index (χ2v) is 5.31. The van der Waals surface area contributed by atoms with E-state index < -0.39 is 0 Å². The highest BCUT2D eigenvalue weighted by atomic mass is 16.5. The molecule has 21 heavy (non-hydrogen) atoms. The van der Waals surface area contributed by atoms with E-state index in [2.05, 4.69) is 28.4 Å². The van der Waals surface area contributed by atoms with Crippen molar-refractivity contribution in [3.8, 4) is 5.75 Å². The molecule has 2 aromatic heterocycles. The molecule has 106 valence electrons. The summed E-state index contributed by atoms with van der Waals surface area (Å²) in [7, 11) is 0. The Hall–Kier alpha value is -2.56. The van der Waals surface area contributed by atoms with Crippen LogP contribution in [-0.2, 0) is 0 Å². The average molecular weight is 280 g/mol. The molecule has 0 saturated carbocycles. The average Bonchev–Trinajstić information content (AvgIpc) is 2.89. The third-order valence-electron chi connectivity index (χ3n) is 3.75. The van der Waals surface area contributed by atoms with Crippen molar-refractivity contribution in [2.45, 2.75) is 19.4 Å². The highest BCUT2D eigenvalue weighted by Gasteiger charge is 2.22. The van der Waals surface area contributed by atoms with Crippen LogP contribution in [0, 0.1) is 6.92 Å². The number of hydrogen-bond acceptors (Lipinski definition) is 4. The molecule has 1 aromatic carbocycles. The summed E-state index contributed by atoms with van der Waals surface area (Å²) in [4.78, 5) is 4.54. The van der Waals surface area contributed by atoms with Crippen LogP contribution in [-0.4, -0.2) is 21.2 Å². The van der Waals surface area contributed by atoms with Gasteiger partial charge in [0, 0.05) is 18.2 Å². The number of rotatable bonds is 2. The minimum atomic E-state index is 0.188. The van der Waals surface area contributed by atoms with Gasteiger partial charge in [0.15, 0.2) is 5.65 Å². The Morgan fingerprint density at radius 3 is 3.14 bits per heavy atom. The zero-order valence-corrected chi connectivity index (χ0v) is 11.8. The molecule has 0 aliphatic carbocycles. The number of ether oxygens (including phenoxy) is 1. The van der Waals surface area contributed by atoms with Crippen LogP contribution in [0.3, 0.4) is 0 Å². The van der Waals surface area contributed by atoms with Crippen molar-refractivity contribution >= 4 is 11.6 Å². The molecule has 0 fully saturated rings. The van der Waals surface area contributed by atoms with Crippen LogP contribution in [0.4, 0.5) is 5.95 Å². The summed E-state index contributed by atoms with van der Waals surface area (Å²) in [5.41, 5.74) is 3.20. The van der Waals surface area contributed by atoms with Gasteiger partial charge in [-0.3, -0.25) is 0 Å². The molecule has 1 atom stereocenters. The van der Waals surface area contributed by atoms with Crippen molar-refractivity contribution in [3.05, 3.63) is 53.7 Å². The van der Waals surface area contributed by atoms with Crippen LogP contribution < -0.4 is 10.1 Å². The molecule has 0 amide bonds. The van der Waals surface area contributed by atoms with E-state index in [4.69, 9.17) is 4.74 Å². The van der Waals surface area contributed by atoms with Crippen LogP contribution in [0.15, 0.2) is 42.6 Å². The van der Waals surface area contributed by atoms with Crippen molar-refractivity contribution in [2.75, 3.05) is 11.9 Å². The highest BCUT2D eigenvalue weighted by Crippen LogP contribution is 2.33. The molecule has 1 unspecified atom stereocenters. The summed E-state index contributed by atoms with van der Waals surface area (Å²) >= 11 is 0. The first-order chi connectivity index (χ1) is 10.3. The Kier molecular flexibility index (Phi) is 2.77. The fourth-order valence-electron chi connectivity index (χ4n) is 2.69. The van der Waals surface area contributed by atoms with Crippen molar-refractivity contribution in [1.82, 2.24) is 14.6 Å². The molecule has 0 radical (unpaired) electrons. The largest absolute Gasteiger partial charge is 0.493 e. The number of nitrogens with one attached hydrogen (secondary N) is 1. The molecule has 4 rings (SSSR count). The topological polar surface area (TPSA) is 51.5 Å². The van der Waals surface area contributed by atoms with E-state index in [-0.39, 0.29) is 6.04 Å². The van der Waals surface area contributed by atoms with Gasteiger partial charge in [-0.25, -0.2) is 4.52 Å². The summed E-state index contributed by atoms with van der Waals surface area (Å²) in [6, 6.07) is 12.4. The van der Waals surface area contributed by atoms with E-state index in [1.165, 1.54) is 11.1 Å². The molecule has 5 heteroatoms. The first-order valence-corrected chi connectivity index (χ1v) is 7.11. The third-order valence-corrected chi connectivity index (χ3v) is 3.75. The number of fused-ring (bicyclic) bond motifs is 2. The van der Waals surface area contributed by atoms with Gasteiger partial charge in [-0.15, -0.1) is 5.10 Å². The summed E-state index contributed by atoms with van der Waals surface area (Å²) in [6.45, 7) is 2.76. The Morgan fingerprint density at radius 2 is 2.19 bits per heavy atom. The lowest BCUT2D eigenvalue weighted by molar-refractivity contribution is 0.274. The number of anilines is 1. The van der Waals surface area contributed by atoms with Gasteiger partial charge in [0.1, 0.15) is 5.75 Å². The van der Waals surface area contributed by atoms with Crippen LogP contribution in [0.2, 0.25) is 0 Å². The van der Waals surface area contributed by atoms with E-state index in [1.807, 2.05) is 36.5 Å². The zero-order chi connectivity index (χ0) is 14.2. The molecule has 1 aliphatic rings. The van der Waals surface area contributed by atoms with E-state index in [0.29, 0.717) is 12.6 Å². The maximum Gasteiger partial charge on any atom is 0.243 e. The first kappa shape index (κ1) is 12.2. The minimum Gasteiger partial charge on any atom is -0.493 e. The predicted molar refractivity (Wildman–Crippen MR) is 80.6 cm³/mol. The van der Waals surface area contributed by atoms with Crippen LogP contribution in [0.5, 0.6) is 5.75 Å². The van der Waals surface area contributed by atoms with Crippen molar-refractivity contribution < 1.29 is 4.74 Å². The third kappa shape index (κ3) is 2.20. The van der Waals surface area contributed by atoms with Gasteiger partial charge in [-0.2, -0.15) is 4.98 Å². The maximum absolute atomic E-state index is 5.68. The number of aromatic nitrogens is 3. The molecule has 1 N–H and O–H groups in total. The number of pyridine rings is 1. The lowest BCUT2D eigenvalue weighted by Gasteiger charge is -2.26. The number of nitrogens with zero attached hydrogens (tertiary/aromatic N) is 3. The van der Waals surface area contributed by atoms with Gasteiger partial charge < -0.3 is 10.1 Å². The van der Waals surface area contributed by atoms with Gasteiger partial charge in [-0.05, 0) is 30.7 Å². The van der Waals surface area contributed by atoms with Gasteiger partial charge in [-0.1, -0.05) is 18.2 Å². The Bertz CT molecular complexity index is 796. The van der Waals surface area contributed by atoms with E-state index in [9.17, 15) is 0 Å². The smallest absolute Gasteiger partial charge is 0.243 e. The fourth-order valence-corrected chi connectivity index (χ4v) is 2.69. The predicted octanol–water partition coefficient (Wildman–Crippen LogP) is 2.97. The van der Waals surface area contributed by atoms with Crippen molar-refractivity contribution in [2.24, 2.45) is 0 Å². The van der Waals surface area contributed by atoms with Gasteiger partial charge >= 0.3 is 0 Å². The second-order valence-electron chi connectivity index (χ2n) is 5.31. The monoisotopic (exact) mass is 280 g/mol. The summed E-state index contributed by atoms with van der Waals surface area (Å²) < 4.78 is 7.47. The molecule has 0 saturated heterocycles. The van der Waals surface area contributed by atoms with Gasteiger partial charge in [0.05, 0.1) is 12.6 Å². The van der Waals surface area contributed by atoms with Crippen LogP contribution in [0.25, 0.3) is 5.65 Å². The molecular weight excluding hydrogens is 264 g/mol. The molecule has 0 spiro atoms. The number of benzene rings is 1. The summed E-state index contributed by atoms with van der Waals surface area (Å²) in [6.07, 6.45) is 2.84. The lowest BCUT2D eigenvalue weighted by atomic mass is 10.0. The van der Waals surface area contributed by atoms with E-state index in [0.717, 1.165) is 17.8 Å². The second kappa shape index (κ2) is 4.77. The van der Waals surface area contributed by atoms with E-state index in [1.54, 1.807) is 4.52 Å². The molecule has 1 aliphatic heterocycles. The zero-order valence-electron chi connectivity index (χ0n) is 11.8. The highest BCUT2D eigenvalue weighted by molar-refractivity contribution is 5.47. The molecule has 0 bridgehead atoms. The van der Waals surface area contributed by atoms with Crippen LogP contribution >= 0.6 is 0 Å². The molecule has 3 aromatic rings. The minimum absolute atomic E-state index is 0.188. The number of aryl methyl sites for hydroxylation is 1. The number of hydrogen-bond donors (Lipinski definition) is 1. The Morgan fingerprint density at radius 1 is 1.29 bits per heavy atom. The van der Waals surface area contributed by atoms with Crippen LogP contribution in [0.1, 0.15) is 23.6 Å². The van der Waals surface area contributed by atoms with E-state index >= 15 is 0 Å². The summed E-state index contributed by atoms with van der Waals surface area (Å²) in [5, 5.41) is 7.90. The normalized spacial score (nSPS) is 17.3. The fraction of sp³-hybridized carbons (Fsp3) is 0.250. The Labute approximate surface area is 122 Å². The van der Waals surface area contributed by atoms with Crippen molar-refractivity contribution in [1.29, 1.82) is 0 Å². The summed E-state index contributed by atoms with van der Waals surface area (Å²) in [5.74, 6) is 1.60. The van der Waals surface area contributed by atoms with Gasteiger partial charge in [0.2, 0.25) is 5.95 Å². The Balaban J connectivity index is 1.66. The molecule has 3 heterocycles. The first-order valence-electron chi connectivity index (χ1n) is 7.11. The molecule has 5 nitrogen and oxygen atoms in total. The lowest BCUT2D eigenvalue weighted by Crippen LogP contribution is -2.20. The van der Waals surface area contributed by atoms with Gasteiger partial charge in [0.25, 0.3) is 0 Å². The maximum atomic E-state index is 5.68. The SMILES string of the molecule is Cc1ccn2nc(NC3CCOc4ccccc43)nc2c1.